The number of aryl methyl sites for hydroxylation is 1. The Morgan fingerprint density at radius 1 is 1.22 bits per heavy atom. The van der Waals surface area contributed by atoms with Crippen LogP contribution in [0.2, 0.25) is 5.02 Å². The Bertz CT molecular complexity index is 942. The highest BCUT2D eigenvalue weighted by atomic mass is 35.5. The van der Waals surface area contributed by atoms with Gasteiger partial charge in [0.15, 0.2) is 5.82 Å². The average Bonchev–Trinajstić information content (AvgIpc) is 3.00. The number of rotatable bonds is 4. The second-order valence-electron chi connectivity index (χ2n) is 6.47. The predicted octanol–water partition coefficient (Wildman–Crippen LogP) is 2.97. The lowest BCUT2D eigenvalue weighted by Crippen LogP contribution is -2.33. The van der Waals surface area contributed by atoms with Crippen molar-refractivity contribution >= 4 is 17.5 Å². The third kappa shape index (κ3) is 3.68. The summed E-state index contributed by atoms with van der Waals surface area (Å²) in [4.78, 5) is 21.4. The van der Waals surface area contributed by atoms with E-state index in [0.29, 0.717) is 23.1 Å². The SMILES string of the molecule is O=C(NCc1ccccc1Cl)C1CCCCc2nnc(-c3cnccn3)n21. The summed E-state index contributed by atoms with van der Waals surface area (Å²) >= 11 is 6.20. The first-order valence-electron chi connectivity index (χ1n) is 8.95. The molecule has 1 amide bonds. The summed E-state index contributed by atoms with van der Waals surface area (Å²) in [6.07, 6.45) is 8.31. The quantitative estimate of drug-likeness (QED) is 0.749. The van der Waals surface area contributed by atoms with Gasteiger partial charge in [0, 0.05) is 30.4 Å². The van der Waals surface area contributed by atoms with Crippen molar-refractivity contribution in [3.63, 3.8) is 0 Å². The zero-order valence-electron chi connectivity index (χ0n) is 14.7. The number of amides is 1. The van der Waals surface area contributed by atoms with Gasteiger partial charge in [0.1, 0.15) is 17.6 Å². The number of hydrogen-bond donors (Lipinski definition) is 1. The van der Waals surface area contributed by atoms with Crippen molar-refractivity contribution in [1.29, 1.82) is 0 Å². The molecule has 0 fully saturated rings. The van der Waals surface area contributed by atoms with E-state index in [4.69, 9.17) is 11.6 Å². The van der Waals surface area contributed by atoms with Crippen molar-refractivity contribution in [2.45, 2.75) is 38.3 Å². The van der Waals surface area contributed by atoms with Gasteiger partial charge in [-0.05, 0) is 24.5 Å². The van der Waals surface area contributed by atoms with Crippen LogP contribution in [0, 0.1) is 0 Å². The Kier molecular flexibility index (Phi) is 5.11. The van der Waals surface area contributed by atoms with Gasteiger partial charge in [-0.25, -0.2) is 4.98 Å². The fourth-order valence-corrected chi connectivity index (χ4v) is 3.55. The number of nitrogens with zero attached hydrogens (tertiary/aromatic N) is 5. The second kappa shape index (κ2) is 7.84. The zero-order chi connectivity index (χ0) is 18.6. The molecule has 3 heterocycles. The Labute approximate surface area is 161 Å². The molecule has 0 saturated carbocycles. The van der Waals surface area contributed by atoms with Gasteiger partial charge < -0.3 is 5.32 Å². The standard InChI is InChI=1S/C19H19ClN6O/c20-14-6-2-1-5-13(14)11-23-19(27)16-7-3-4-8-17-24-25-18(26(16)17)15-12-21-9-10-22-15/h1-2,5-6,9-10,12,16H,3-4,7-8,11H2,(H,23,27). The molecule has 1 N–H and O–H groups in total. The molecule has 0 aliphatic carbocycles. The Balaban J connectivity index is 1.61. The zero-order valence-corrected chi connectivity index (χ0v) is 15.4. The largest absolute Gasteiger partial charge is 0.350 e. The number of carbonyl (C=O) groups excluding carboxylic acids is 1. The summed E-state index contributed by atoms with van der Waals surface area (Å²) in [6, 6.07) is 7.12. The number of halogens is 1. The van der Waals surface area contributed by atoms with Crippen LogP contribution >= 0.6 is 11.6 Å². The maximum absolute atomic E-state index is 13.0. The average molecular weight is 383 g/mol. The topological polar surface area (TPSA) is 85.6 Å². The van der Waals surface area contributed by atoms with E-state index in [1.807, 2.05) is 28.8 Å². The second-order valence-corrected chi connectivity index (χ2v) is 6.88. The third-order valence-electron chi connectivity index (χ3n) is 4.71. The van der Waals surface area contributed by atoms with E-state index in [1.54, 1.807) is 18.6 Å². The summed E-state index contributed by atoms with van der Waals surface area (Å²) in [5.74, 6) is 1.33. The Hall–Kier alpha value is -2.80. The summed E-state index contributed by atoms with van der Waals surface area (Å²) in [5.41, 5.74) is 1.50. The van der Waals surface area contributed by atoms with Crippen molar-refractivity contribution in [2.24, 2.45) is 0 Å². The monoisotopic (exact) mass is 382 g/mol. The molecule has 27 heavy (non-hydrogen) atoms. The van der Waals surface area contributed by atoms with Crippen LogP contribution < -0.4 is 5.32 Å². The summed E-state index contributed by atoms with van der Waals surface area (Å²) in [7, 11) is 0. The first-order valence-corrected chi connectivity index (χ1v) is 9.33. The minimum absolute atomic E-state index is 0.0667. The first-order chi connectivity index (χ1) is 13.2. The third-order valence-corrected chi connectivity index (χ3v) is 5.08. The molecule has 7 nitrogen and oxygen atoms in total. The molecular weight excluding hydrogens is 364 g/mol. The molecule has 3 aromatic rings. The van der Waals surface area contributed by atoms with Gasteiger partial charge in [0.25, 0.3) is 0 Å². The van der Waals surface area contributed by atoms with Gasteiger partial charge in [-0.2, -0.15) is 0 Å². The Morgan fingerprint density at radius 2 is 2.11 bits per heavy atom. The first kappa shape index (κ1) is 17.6. The maximum Gasteiger partial charge on any atom is 0.243 e. The van der Waals surface area contributed by atoms with Gasteiger partial charge in [-0.15, -0.1) is 10.2 Å². The van der Waals surface area contributed by atoms with Gasteiger partial charge in [-0.1, -0.05) is 36.2 Å². The number of hydrogen-bond acceptors (Lipinski definition) is 5. The minimum Gasteiger partial charge on any atom is -0.350 e. The molecule has 138 valence electrons. The highest BCUT2D eigenvalue weighted by molar-refractivity contribution is 6.31. The highest BCUT2D eigenvalue weighted by Crippen LogP contribution is 2.28. The molecule has 0 radical (unpaired) electrons. The number of fused-ring (bicyclic) bond motifs is 1. The molecule has 1 aliphatic rings. The van der Waals surface area contributed by atoms with E-state index >= 15 is 0 Å². The van der Waals surface area contributed by atoms with E-state index in [1.165, 1.54) is 0 Å². The van der Waals surface area contributed by atoms with Crippen molar-refractivity contribution in [1.82, 2.24) is 30.0 Å². The molecular formula is C19H19ClN6O. The molecule has 0 spiro atoms. The smallest absolute Gasteiger partial charge is 0.243 e. The van der Waals surface area contributed by atoms with Gasteiger partial charge >= 0.3 is 0 Å². The summed E-state index contributed by atoms with van der Waals surface area (Å²) in [6.45, 7) is 0.382. The summed E-state index contributed by atoms with van der Waals surface area (Å²) in [5, 5.41) is 12.2. The van der Waals surface area contributed by atoms with Crippen LogP contribution in [0.25, 0.3) is 11.5 Å². The van der Waals surface area contributed by atoms with Crippen molar-refractivity contribution in [2.75, 3.05) is 0 Å². The molecule has 0 bridgehead atoms. The molecule has 2 aromatic heterocycles. The van der Waals surface area contributed by atoms with Gasteiger partial charge in [0.2, 0.25) is 5.91 Å². The van der Waals surface area contributed by atoms with Crippen LogP contribution in [0.4, 0.5) is 0 Å². The fraction of sp³-hybridized carbons (Fsp3) is 0.316. The van der Waals surface area contributed by atoms with E-state index in [0.717, 1.165) is 37.1 Å². The van der Waals surface area contributed by atoms with Crippen LogP contribution in [-0.4, -0.2) is 30.6 Å². The van der Waals surface area contributed by atoms with Crippen LogP contribution in [0.1, 0.15) is 36.7 Å². The lowest BCUT2D eigenvalue weighted by molar-refractivity contribution is -0.124. The van der Waals surface area contributed by atoms with Gasteiger partial charge in [-0.3, -0.25) is 14.3 Å². The van der Waals surface area contributed by atoms with E-state index in [2.05, 4.69) is 25.5 Å². The molecule has 8 heteroatoms. The fourth-order valence-electron chi connectivity index (χ4n) is 3.35. The highest BCUT2D eigenvalue weighted by Gasteiger charge is 2.29. The van der Waals surface area contributed by atoms with Crippen molar-refractivity contribution in [3.05, 3.63) is 59.3 Å². The van der Waals surface area contributed by atoms with Crippen LogP contribution in [-0.2, 0) is 17.8 Å². The van der Waals surface area contributed by atoms with E-state index < -0.39 is 0 Å². The summed E-state index contributed by atoms with van der Waals surface area (Å²) < 4.78 is 1.92. The predicted molar refractivity (Wildman–Crippen MR) is 101 cm³/mol. The number of aromatic nitrogens is 5. The van der Waals surface area contributed by atoms with Crippen LogP contribution in [0.5, 0.6) is 0 Å². The van der Waals surface area contributed by atoms with Crippen LogP contribution in [0.3, 0.4) is 0 Å². The normalized spacial score (nSPS) is 16.4. The molecule has 1 unspecified atom stereocenters. The minimum atomic E-state index is -0.378. The van der Waals surface area contributed by atoms with E-state index in [-0.39, 0.29) is 11.9 Å². The molecule has 1 aromatic carbocycles. The van der Waals surface area contributed by atoms with Gasteiger partial charge in [0.05, 0.1) is 6.20 Å². The number of carbonyl (C=O) groups is 1. The number of benzene rings is 1. The molecule has 1 atom stereocenters. The van der Waals surface area contributed by atoms with E-state index in [9.17, 15) is 4.79 Å². The molecule has 1 aliphatic heterocycles. The van der Waals surface area contributed by atoms with Crippen molar-refractivity contribution in [3.8, 4) is 11.5 Å². The Morgan fingerprint density at radius 3 is 2.93 bits per heavy atom. The molecule has 4 rings (SSSR count). The van der Waals surface area contributed by atoms with Crippen LogP contribution in [0.15, 0.2) is 42.9 Å². The van der Waals surface area contributed by atoms with Crippen molar-refractivity contribution < 1.29 is 4.79 Å². The molecule has 0 saturated heterocycles. The maximum atomic E-state index is 13.0. The number of nitrogens with one attached hydrogen (secondary N) is 1. The lowest BCUT2D eigenvalue weighted by Gasteiger charge is -2.19. The lowest BCUT2D eigenvalue weighted by atomic mass is 10.1.